The molecule has 27 heavy (non-hydrogen) atoms. The van der Waals surface area contributed by atoms with Gasteiger partial charge in [0.2, 0.25) is 0 Å². The van der Waals surface area contributed by atoms with Gasteiger partial charge in [-0.1, -0.05) is 48.9 Å². The van der Waals surface area contributed by atoms with E-state index in [0.29, 0.717) is 16.3 Å². The lowest BCUT2D eigenvalue weighted by atomic mass is 9.99. The lowest BCUT2D eigenvalue weighted by Gasteiger charge is -2.13. The van der Waals surface area contributed by atoms with Crippen molar-refractivity contribution in [2.75, 3.05) is 4.72 Å². The molecule has 2 N–H and O–H groups in total. The van der Waals surface area contributed by atoms with Crippen molar-refractivity contribution < 1.29 is 13.5 Å². The molecular weight excluding hydrogens is 404 g/mol. The van der Waals surface area contributed by atoms with Crippen LogP contribution in [0.2, 0.25) is 5.02 Å². The molecule has 1 unspecified atom stereocenters. The second-order valence-electron chi connectivity index (χ2n) is 6.00. The normalized spacial score (nSPS) is 12.7. The fraction of sp³-hybridized carbons (Fsp3) is 0.211. The van der Waals surface area contributed by atoms with Gasteiger partial charge < -0.3 is 5.11 Å². The van der Waals surface area contributed by atoms with Gasteiger partial charge in [-0.2, -0.15) is 0 Å². The van der Waals surface area contributed by atoms with Gasteiger partial charge in [0.1, 0.15) is 6.10 Å². The first-order chi connectivity index (χ1) is 12.8. The third-order valence-electron chi connectivity index (χ3n) is 4.26. The summed E-state index contributed by atoms with van der Waals surface area (Å²) in [5, 5.41) is 12.9. The van der Waals surface area contributed by atoms with Crippen LogP contribution in [0.1, 0.15) is 35.4 Å². The zero-order valence-corrected chi connectivity index (χ0v) is 17.2. The number of nitrogens with zero attached hydrogens (tertiary/aromatic N) is 1. The summed E-state index contributed by atoms with van der Waals surface area (Å²) in [7, 11) is -3.82. The number of rotatable bonds is 6. The minimum atomic E-state index is -3.82. The molecule has 0 radical (unpaired) electrons. The summed E-state index contributed by atoms with van der Waals surface area (Å²) in [6.45, 7) is 3.66. The molecule has 0 amide bonds. The second kappa shape index (κ2) is 7.98. The fourth-order valence-corrected chi connectivity index (χ4v) is 5.27. The van der Waals surface area contributed by atoms with E-state index in [0.717, 1.165) is 28.9 Å². The number of thiazole rings is 1. The number of aliphatic hydroxyl groups is 1. The van der Waals surface area contributed by atoms with Gasteiger partial charge in [0.05, 0.1) is 10.6 Å². The summed E-state index contributed by atoms with van der Waals surface area (Å²) in [5.74, 6) is 0. The number of aryl methyl sites for hydroxylation is 1. The monoisotopic (exact) mass is 422 g/mol. The molecule has 0 aliphatic carbocycles. The van der Waals surface area contributed by atoms with E-state index in [1.54, 1.807) is 24.4 Å². The van der Waals surface area contributed by atoms with Crippen molar-refractivity contribution in [3.05, 3.63) is 75.3 Å². The van der Waals surface area contributed by atoms with Gasteiger partial charge in [-0.15, -0.1) is 11.3 Å². The molecule has 0 aliphatic heterocycles. The summed E-state index contributed by atoms with van der Waals surface area (Å²) < 4.78 is 27.8. The Morgan fingerprint density at radius 1 is 1.22 bits per heavy atom. The highest BCUT2D eigenvalue weighted by Gasteiger charge is 2.22. The van der Waals surface area contributed by atoms with Gasteiger partial charge >= 0.3 is 0 Å². The van der Waals surface area contributed by atoms with Crippen molar-refractivity contribution in [3.63, 3.8) is 0 Å². The third kappa shape index (κ3) is 4.16. The number of hydrogen-bond acceptors (Lipinski definition) is 5. The highest BCUT2D eigenvalue weighted by molar-refractivity contribution is 7.93. The van der Waals surface area contributed by atoms with Crippen molar-refractivity contribution in [1.29, 1.82) is 0 Å². The Labute approximate surface area is 167 Å². The molecule has 0 fully saturated rings. The van der Waals surface area contributed by atoms with Crippen molar-refractivity contribution in [3.8, 4) is 0 Å². The van der Waals surface area contributed by atoms with Crippen LogP contribution in [0.15, 0.2) is 52.7 Å². The van der Waals surface area contributed by atoms with E-state index in [1.807, 2.05) is 31.2 Å². The van der Waals surface area contributed by atoms with Crippen LogP contribution >= 0.6 is 22.9 Å². The molecule has 1 atom stereocenters. The third-order valence-corrected chi connectivity index (χ3v) is 7.06. The van der Waals surface area contributed by atoms with Crippen LogP contribution < -0.4 is 4.72 Å². The van der Waals surface area contributed by atoms with Crippen LogP contribution in [-0.4, -0.2) is 18.5 Å². The largest absolute Gasteiger partial charge is 0.382 e. The Hall–Kier alpha value is -1.93. The summed E-state index contributed by atoms with van der Waals surface area (Å²) in [4.78, 5) is 4.37. The minimum absolute atomic E-state index is 0.101. The number of benzene rings is 2. The zero-order valence-electron chi connectivity index (χ0n) is 14.8. The first kappa shape index (κ1) is 19.8. The molecule has 142 valence electrons. The SMILES string of the molecule is CCc1ccccc1C(O)c1csc(NS(=O)(=O)c2cccc(Cl)c2C)n1. The summed E-state index contributed by atoms with van der Waals surface area (Å²) in [5.41, 5.74) is 2.67. The molecule has 2 aromatic carbocycles. The van der Waals surface area contributed by atoms with Gasteiger partial charge in [-0.05, 0) is 42.2 Å². The topological polar surface area (TPSA) is 79.3 Å². The number of anilines is 1. The Morgan fingerprint density at radius 3 is 2.70 bits per heavy atom. The maximum atomic E-state index is 12.7. The molecule has 3 rings (SSSR count). The number of sulfonamides is 1. The van der Waals surface area contributed by atoms with E-state index in [-0.39, 0.29) is 10.0 Å². The Bertz CT molecular complexity index is 1060. The Balaban J connectivity index is 1.87. The predicted molar refractivity (Wildman–Crippen MR) is 109 cm³/mol. The van der Waals surface area contributed by atoms with Crippen molar-refractivity contribution in [2.24, 2.45) is 0 Å². The Kier molecular flexibility index (Phi) is 5.86. The van der Waals surface area contributed by atoms with Crippen LogP contribution in [0.5, 0.6) is 0 Å². The first-order valence-corrected chi connectivity index (χ1v) is 11.1. The van der Waals surface area contributed by atoms with Crippen LogP contribution in [0, 0.1) is 6.92 Å². The van der Waals surface area contributed by atoms with E-state index in [1.165, 1.54) is 6.07 Å². The van der Waals surface area contributed by atoms with E-state index in [9.17, 15) is 13.5 Å². The fourth-order valence-electron chi connectivity index (χ4n) is 2.79. The van der Waals surface area contributed by atoms with Crippen LogP contribution in [0.3, 0.4) is 0 Å². The van der Waals surface area contributed by atoms with Gasteiger partial charge in [0.25, 0.3) is 10.0 Å². The molecule has 0 bridgehead atoms. The first-order valence-electron chi connectivity index (χ1n) is 8.32. The maximum Gasteiger partial charge on any atom is 0.263 e. The molecule has 3 aromatic rings. The number of hydrogen-bond donors (Lipinski definition) is 2. The molecule has 1 aromatic heterocycles. The van der Waals surface area contributed by atoms with Crippen molar-refractivity contribution >= 4 is 38.1 Å². The number of nitrogens with one attached hydrogen (secondary N) is 1. The van der Waals surface area contributed by atoms with Crippen LogP contribution in [-0.2, 0) is 16.4 Å². The molecule has 0 saturated heterocycles. The molecule has 1 heterocycles. The molecule has 0 aliphatic rings. The van der Waals surface area contributed by atoms with Crippen LogP contribution in [0.4, 0.5) is 5.13 Å². The van der Waals surface area contributed by atoms with Crippen molar-refractivity contribution in [2.45, 2.75) is 31.3 Å². The zero-order chi connectivity index (χ0) is 19.6. The molecule has 0 saturated carbocycles. The highest BCUT2D eigenvalue weighted by Crippen LogP contribution is 2.30. The average molecular weight is 423 g/mol. The second-order valence-corrected chi connectivity index (χ2v) is 8.92. The van der Waals surface area contributed by atoms with E-state index in [2.05, 4.69) is 9.71 Å². The Morgan fingerprint density at radius 2 is 1.96 bits per heavy atom. The lowest BCUT2D eigenvalue weighted by Crippen LogP contribution is -2.14. The van der Waals surface area contributed by atoms with E-state index < -0.39 is 16.1 Å². The quantitative estimate of drug-likeness (QED) is 0.610. The van der Waals surface area contributed by atoms with E-state index in [4.69, 9.17) is 11.6 Å². The lowest BCUT2D eigenvalue weighted by molar-refractivity contribution is 0.215. The predicted octanol–water partition coefficient (Wildman–Crippen LogP) is 4.55. The summed E-state index contributed by atoms with van der Waals surface area (Å²) in [6.07, 6.45) is -0.131. The van der Waals surface area contributed by atoms with Gasteiger partial charge in [-0.25, -0.2) is 13.4 Å². The number of aromatic nitrogens is 1. The van der Waals surface area contributed by atoms with Crippen molar-refractivity contribution in [1.82, 2.24) is 4.98 Å². The van der Waals surface area contributed by atoms with Crippen LogP contribution in [0.25, 0.3) is 0 Å². The van der Waals surface area contributed by atoms with Gasteiger partial charge in [0, 0.05) is 10.4 Å². The molecule has 0 spiro atoms. The number of halogens is 1. The van der Waals surface area contributed by atoms with E-state index >= 15 is 0 Å². The van der Waals surface area contributed by atoms with Gasteiger partial charge in [-0.3, -0.25) is 4.72 Å². The maximum absolute atomic E-state index is 12.7. The molecule has 8 heteroatoms. The molecule has 5 nitrogen and oxygen atoms in total. The van der Waals surface area contributed by atoms with Gasteiger partial charge in [0.15, 0.2) is 5.13 Å². The summed E-state index contributed by atoms with van der Waals surface area (Å²) >= 11 is 7.15. The average Bonchev–Trinajstić information content (AvgIpc) is 3.10. The molecular formula is C19H19ClN2O3S2. The number of aliphatic hydroxyl groups excluding tert-OH is 1. The highest BCUT2D eigenvalue weighted by atomic mass is 35.5. The smallest absolute Gasteiger partial charge is 0.263 e. The standard InChI is InChI=1S/C19H19ClN2O3S2/c1-3-13-7-4-5-8-14(13)18(23)16-11-26-19(21-16)22-27(24,25)17-10-6-9-15(20)12(17)2/h4-11,18,23H,3H2,1-2H3,(H,21,22). The summed E-state index contributed by atoms with van der Waals surface area (Å²) in [6, 6.07) is 12.3. The minimum Gasteiger partial charge on any atom is -0.382 e.